The second-order valence-corrected chi connectivity index (χ2v) is 6.48. The lowest BCUT2D eigenvalue weighted by molar-refractivity contribution is -0.114. The van der Waals surface area contributed by atoms with Crippen LogP contribution in [0.15, 0.2) is 12.1 Å². The van der Waals surface area contributed by atoms with E-state index in [1.807, 2.05) is 0 Å². The SMILES string of the molecule is O=C1C(=O)N(CC2(CBr)CC2)c2c(Cl)ccc(Cl)c21. The fraction of sp³-hybridized carbons (Fsp3) is 0.385. The molecule has 1 aromatic rings. The van der Waals surface area contributed by atoms with E-state index in [0.717, 1.165) is 18.2 Å². The monoisotopic (exact) mass is 361 g/mol. The van der Waals surface area contributed by atoms with Crippen LogP contribution in [0.5, 0.6) is 0 Å². The topological polar surface area (TPSA) is 37.4 Å². The van der Waals surface area contributed by atoms with Gasteiger partial charge >= 0.3 is 0 Å². The Kier molecular flexibility index (Phi) is 3.15. The first kappa shape index (κ1) is 13.4. The summed E-state index contributed by atoms with van der Waals surface area (Å²) in [7, 11) is 0. The summed E-state index contributed by atoms with van der Waals surface area (Å²) >= 11 is 15.6. The van der Waals surface area contributed by atoms with Crippen molar-refractivity contribution in [2.45, 2.75) is 12.8 Å². The van der Waals surface area contributed by atoms with Crippen LogP contribution in [0, 0.1) is 5.41 Å². The summed E-state index contributed by atoms with van der Waals surface area (Å²) in [5.74, 6) is -1.09. The molecule has 1 fully saturated rings. The Hall–Kier alpha value is -0.580. The molecule has 6 heteroatoms. The Morgan fingerprint density at radius 2 is 1.84 bits per heavy atom. The van der Waals surface area contributed by atoms with Gasteiger partial charge < -0.3 is 4.90 Å². The molecule has 1 amide bonds. The lowest BCUT2D eigenvalue weighted by atomic mass is 10.1. The first-order chi connectivity index (χ1) is 8.99. The highest BCUT2D eigenvalue weighted by Gasteiger charge is 2.48. The largest absolute Gasteiger partial charge is 0.303 e. The number of hydrogen-bond donors (Lipinski definition) is 0. The highest BCUT2D eigenvalue weighted by Crippen LogP contribution is 2.50. The number of halogens is 3. The molecule has 0 atom stereocenters. The molecule has 3 rings (SSSR count). The second kappa shape index (κ2) is 4.47. The van der Waals surface area contributed by atoms with Gasteiger partial charge in [-0.3, -0.25) is 9.59 Å². The van der Waals surface area contributed by atoms with Crippen LogP contribution in [-0.2, 0) is 4.79 Å². The number of amides is 1. The number of benzene rings is 1. The molecule has 3 nitrogen and oxygen atoms in total. The van der Waals surface area contributed by atoms with Crippen LogP contribution in [0.25, 0.3) is 0 Å². The second-order valence-electron chi connectivity index (χ2n) is 5.11. The summed E-state index contributed by atoms with van der Waals surface area (Å²) in [5, 5.41) is 1.48. The van der Waals surface area contributed by atoms with Gasteiger partial charge in [-0.2, -0.15) is 0 Å². The van der Waals surface area contributed by atoms with Crippen LogP contribution in [0.4, 0.5) is 5.69 Å². The number of carbonyl (C=O) groups excluding carboxylic acids is 2. The van der Waals surface area contributed by atoms with Crippen LogP contribution < -0.4 is 4.90 Å². The zero-order valence-corrected chi connectivity index (χ0v) is 13.0. The average molecular weight is 363 g/mol. The third kappa shape index (κ3) is 2.01. The van der Waals surface area contributed by atoms with Crippen LogP contribution in [0.2, 0.25) is 10.0 Å². The fourth-order valence-corrected chi connectivity index (χ4v) is 3.58. The van der Waals surface area contributed by atoms with E-state index in [1.54, 1.807) is 12.1 Å². The van der Waals surface area contributed by atoms with Crippen molar-refractivity contribution in [1.82, 2.24) is 0 Å². The van der Waals surface area contributed by atoms with Gasteiger partial charge in [0.25, 0.3) is 11.7 Å². The molecule has 2 aliphatic rings. The molecule has 1 heterocycles. The third-order valence-electron chi connectivity index (χ3n) is 3.75. The number of Topliss-reactive ketones (excluding diaryl/α,β-unsaturated/α-hetero) is 1. The minimum atomic E-state index is -0.562. The molecule has 1 saturated carbocycles. The van der Waals surface area contributed by atoms with Crippen LogP contribution in [0.3, 0.4) is 0 Å². The number of carbonyl (C=O) groups is 2. The van der Waals surface area contributed by atoms with Gasteiger partial charge in [0.05, 0.1) is 21.3 Å². The summed E-state index contributed by atoms with van der Waals surface area (Å²) in [6, 6.07) is 3.17. The molecule has 0 aromatic heterocycles. The van der Waals surface area contributed by atoms with Gasteiger partial charge in [-0.05, 0) is 30.4 Å². The number of fused-ring (bicyclic) bond motifs is 1. The molecule has 1 aromatic carbocycles. The molecule has 0 N–H and O–H groups in total. The fourth-order valence-electron chi connectivity index (χ4n) is 2.35. The van der Waals surface area contributed by atoms with Gasteiger partial charge in [0.15, 0.2) is 0 Å². The predicted octanol–water partition coefficient (Wildman–Crippen LogP) is 3.70. The smallest absolute Gasteiger partial charge is 0.299 e. The van der Waals surface area contributed by atoms with Crippen molar-refractivity contribution in [3.63, 3.8) is 0 Å². The quantitative estimate of drug-likeness (QED) is 0.607. The highest BCUT2D eigenvalue weighted by molar-refractivity contribution is 9.09. The maximum Gasteiger partial charge on any atom is 0.299 e. The minimum absolute atomic E-state index is 0.0726. The van der Waals surface area contributed by atoms with E-state index < -0.39 is 11.7 Å². The lowest BCUT2D eigenvalue weighted by Crippen LogP contribution is -2.35. The van der Waals surface area contributed by atoms with Crippen LogP contribution >= 0.6 is 39.1 Å². The number of anilines is 1. The zero-order valence-electron chi connectivity index (χ0n) is 9.88. The maximum atomic E-state index is 12.1. The van der Waals surface area contributed by atoms with E-state index in [1.165, 1.54) is 4.90 Å². The Morgan fingerprint density at radius 1 is 1.21 bits per heavy atom. The van der Waals surface area contributed by atoms with Gasteiger partial charge in [-0.25, -0.2) is 0 Å². The van der Waals surface area contributed by atoms with Crippen LogP contribution in [0.1, 0.15) is 23.2 Å². The van der Waals surface area contributed by atoms with Crippen molar-refractivity contribution in [2.24, 2.45) is 5.41 Å². The molecular formula is C13H10BrCl2NO2. The molecule has 0 unspecified atom stereocenters. The summed E-state index contributed by atoms with van der Waals surface area (Å²) in [6.45, 7) is 0.510. The number of alkyl halides is 1. The van der Waals surface area contributed by atoms with E-state index in [9.17, 15) is 9.59 Å². The standard InChI is InChI=1S/C13H10BrCl2NO2/c14-5-13(3-4-13)6-17-10-8(16)2-1-7(15)9(10)11(18)12(17)19/h1-2H,3-6H2. The summed E-state index contributed by atoms with van der Waals surface area (Å²) < 4.78 is 0. The van der Waals surface area contributed by atoms with E-state index in [4.69, 9.17) is 23.2 Å². The summed E-state index contributed by atoms with van der Waals surface area (Å²) in [6.07, 6.45) is 2.09. The molecule has 0 spiro atoms. The normalized spacial score (nSPS) is 19.8. The molecule has 100 valence electrons. The van der Waals surface area contributed by atoms with Gasteiger partial charge in [-0.15, -0.1) is 0 Å². The van der Waals surface area contributed by atoms with Crippen molar-refractivity contribution in [3.8, 4) is 0 Å². The molecule has 0 radical (unpaired) electrons. The van der Waals surface area contributed by atoms with Crippen LogP contribution in [-0.4, -0.2) is 23.6 Å². The first-order valence-electron chi connectivity index (χ1n) is 5.89. The van der Waals surface area contributed by atoms with Crippen molar-refractivity contribution in [1.29, 1.82) is 0 Å². The van der Waals surface area contributed by atoms with Gasteiger partial charge in [0.1, 0.15) is 0 Å². The Labute approximate surface area is 129 Å². The van der Waals surface area contributed by atoms with Crippen molar-refractivity contribution < 1.29 is 9.59 Å². The molecule has 1 aliphatic carbocycles. The van der Waals surface area contributed by atoms with E-state index in [-0.39, 0.29) is 16.0 Å². The summed E-state index contributed by atoms with van der Waals surface area (Å²) in [4.78, 5) is 25.6. The third-order valence-corrected chi connectivity index (χ3v) is 5.56. The van der Waals surface area contributed by atoms with Gasteiger partial charge in [0, 0.05) is 11.9 Å². The van der Waals surface area contributed by atoms with Gasteiger partial charge in [0.2, 0.25) is 0 Å². The Bertz CT molecular complexity index is 599. The Morgan fingerprint density at radius 3 is 2.42 bits per heavy atom. The average Bonchev–Trinajstić information content (AvgIpc) is 3.12. The highest BCUT2D eigenvalue weighted by atomic mass is 79.9. The lowest BCUT2D eigenvalue weighted by Gasteiger charge is -2.22. The van der Waals surface area contributed by atoms with Crippen molar-refractivity contribution in [3.05, 3.63) is 27.7 Å². The number of nitrogens with zero attached hydrogens (tertiary/aromatic N) is 1. The molecular weight excluding hydrogens is 353 g/mol. The van der Waals surface area contributed by atoms with Crippen molar-refractivity contribution in [2.75, 3.05) is 16.8 Å². The number of rotatable bonds is 3. The molecule has 19 heavy (non-hydrogen) atoms. The molecule has 1 aliphatic heterocycles. The number of ketones is 1. The Balaban J connectivity index is 2.07. The van der Waals surface area contributed by atoms with Gasteiger partial charge in [-0.1, -0.05) is 39.1 Å². The minimum Gasteiger partial charge on any atom is -0.303 e. The van der Waals surface area contributed by atoms with E-state index in [0.29, 0.717) is 17.3 Å². The zero-order chi connectivity index (χ0) is 13.8. The maximum absolute atomic E-state index is 12.1. The molecule has 0 saturated heterocycles. The van der Waals surface area contributed by atoms with E-state index in [2.05, 4.69) is 15.9 Å². The predicted molar refractivity (Wildman–Crippen MR) is 78.6 cm³/mol. The number of hydrogen-bond acceptors (Lipinski definition) is 2. The summed E-state index contributed by atoms with van der Waals surface area (Å²) in [5.41, 5.74) is 0.782. The van der Waals surface area contributed by atoms with E-state index >= 15 is 0 Å². The van der Waals surface area contributed by atoms with Crippen molar-refractivity contribution >= 4 is 56.5 Å². The first-order valence-corrected chi connectivity index (χ1v) is 7.77. The molecule has 0 bridgehead atoms.